The third kappa shape index (κ3) is 4.32. The Bertz CT molecular complexity index is 428. The van der Waals surface area contributed by atoms with Crippen LogP contribution >= 0.6 is 11.8 Å². The minimum absolute atomic E-state index is 0.294. The summed E-state index contributed by atoms with van der Waals surface area (Å²) in [4.78, 5) is 2.14. The number of nitriles is 1. The maximum Gasteiger partial charge on any atom is 0.129 e. The first-order chi connectivity index (χ1) is 8.58. The Morgan fingerprint density at radius 1 is 1.50 bits per heavy atom. The van der Waals surface area contributed by atoms with Gasteiger partial charge in [-0.2, -0.15) is 17.0 Å². The fraction of sp³-hybridized carbons (Fsp3) is 0.500. The van der Waals surface area contributed by atoms with Crippen LogP contribution in [0.3, 0.4) is 0 Å². The van der Waals surface area contributed by atoms with E-state index in [0.717, 1.165) is 12.2 Å². The Morgan fingerprint density at radius 2 is 2.22 bits per heavy atom. The van der Waals surface area contributed by atoms with Gasteiger partial charge in [0.05, 0.1) is 11.6 Å². The normalized spacial score (nSPS) is 12.4. The van der Waals surface area contributed by atoms with Crippen LogP contribution in [0.4, 0.5) is 4.39 Å². The van der Waals surface area contributed by atoms with Crippen LogP contribution in [0.5, 0.6) is 0 Å². The van der Waals surface area contributed by atoms with E-state index in [-0.39, 0.29) is 5.82 Å². The molecule has 4 heteroatoms. The molecule has 0 spiro atoms. The zero-order chi connectivity index (χ0) is 13.5. The quantitative estimate of drug-likeness (QED) is 0.790. The maximum atomic E-state index is 13.7. The Balaban J connectivity index is 2.64. The molecule has 0 heterocycles. The molecule has 0 radical (unpaired) electrons. The molecule has 0 aliphatic rings. The Morgan fingerprint density at radius 3 is 2.78 bits per heavy atom. The largest absolute Gasteiger partial charge is 0.299 e. The fourth-order valence-corrected chi connectivity index (χ4v) is 2.26. The van der Waals surface area contributed by atoms with Crippen LogP contribution in [0.1, 0.15) is 24.5 Å². The first kappa shape index (κ1) is 15.0. The number of thioether (sulfide) groups is 1. The summed E-state index contributed by atoms with van der Waals surface area (Å²) < 4.78 is 13.7. The van der Waals surface area contributed by atoms with Crippen molar-refractivity contribution in [3.05, 3.63) is 35.1 Å². The van der Waals surface area contributed by atoms with Crippen LogP contribution < -0.4 is 0 Å². The summed E-state index contributed by atoms with van der Waals surface area (Å²) in [7, 11) is 2.00. The number of halogens is 1. The van der Waals surface area contributed by atoms with Crippen LogP contribution in [0.15, 0.2) is 18.2 Å². The molecule has 0 fully saturated rings. The van der Waals surface area contributed by atoms with Crippen LogP contribution in [-0.2, 0) is 6.54 Å². The van der Waals surface area contributed by atoms with E-state index >= 15 is 0 Å². The van der Waals surface area contributed by atoms with E-state index in [1.165, 1.54) is 6.07 Å². The van der Waals surface area contributed by atoms with Crippen molar-refractivity contribution in [2.45, 2.75) is 25.9 Å². The maximum absolute atomic E-state index is 13.7. The molecule has 1 unspecified atom stereocenters. The monoisotopic (exact) mass is 266 g/mol. The molecule has 2 nitrogen and oxygen atoms in total. The summed E-state index contributed by atoms with van der Waals surface area (Å²) >= 11 is 1.82. The second-order valence-electron chi connectivity index (χ2n) is 4.46. The lowest BCUT2D eigenvalue weighted by atomic mass is 10.1. The third-order valence-electron chi connectivity index (χ3n) is 3.09. The van der Waals surface area contributed by atoms with Gasteiger partial charge in [-0.05, 0) is 44.5 Å². The lowest BCUT2D eigenvalue weighted by molar-refractivity contribution is 0.242. The van der Waals surface area contributed by atoms with Gasteiger partial charge in [-0.25, -0.2) is 4.39 Å². The molecule has 0 saturated carbocycles. The number of hydrogen-bond donors (Lipinski definition) is 0. The molecule has 0 amide bonds. The molecule has 0 saturated heterocycles. The molecular weight excluding hydrogens is 247 g/mol. The number of rotatable bonds is 6. The van der Waals surface area contributed by atoms with Gasteiger partial charge in [0.2, 0.25) is 0 Å². The molecule has 1 rings (SSSR count). The van der Waals surface area contributed by atoms with E-state index in [4.69, 9.17) is 5.26 Å². The minimum atomic E-state index is -0.294. The molecule has 98 valence electrons. The Kier molecular flexibility index (Phi) is 6.17. The van der Waals surface area contributed by atoms with Crippen molar-refractivity contribution in [1.29, 1.82) is 5.26 Å². The van der Waals surface area contributed by atoms with Gasteiger partial charge in [0.25, 0.3) is 0 Å². The highest BCUT2D eigenvalue weighted by atomic mass is 32.2. The topological polar surface area (TPSA) is 27.0 Å². The second-order valence-corrected chi connectivity index (χ2v) is 5.45. The van der Waals surface area contributed by atoms with E-state index in [1.54, 1.807) is 12.1 Å². The van der Waals surface area contributed by atoms with Crippen molar-refractivity contribution in [3.8, 4) is 6.07 Å². The van der Waals surface area contributed by atoms with Crippen molar-refractivity contribution in [3.63, 3.8) is 0 Å². The first-order valence-corrected chi connectivity index (χ1v) is 7.35. The van der Waals surface area contributed by atoms with Crippen LogP contribution in [-0.4, -0.2) is 30.0 Å². The van der Waals surface area contributed by atoms with Gasteiger partial charge in [0.1, 0.15) is 5.82 Å². The molecule has 1 aromatic rings. The van der Waals surface area contributed by atoms with Gasteiger partial charge in [-0.15, -0.1) is 0 Å². The molecule has 0 aromatic heterocycles. The molecule has 1 atom stereocenters. The predicted octanol–water partition coefficient (Wildman–Crippen LogP) is 3.27. The van der Waals surface area contributed by atoms with E-state index in [1.807, 2.05) is 24.9 Å². The van der Waals surface area contributed by atoms with Gasteiger partial charge in [-0.1, -0.05) is 6.07 Å². The first-order valence-electron chi connectivity index (χ1n) is 5.96. The summed E-state index contributed by atoms with van der Waals surface area (Å²) in [6, 6.07) is 7.03. The Labute approximate surface area is 113 Å². The summed E-state index contributed by atoms with van der Waals surface area (Å²) in [5.41, 5.74) is 1.02. The smallest absolute Gasteiger partial charge is 0.129 e. The van der Waals surface area contributed by atoms with Gasteiger partial charge >= 0.3 is 0 Å². The van der Waals surface area contributed by atoms with Crippen LogP contribution in [0, 0.1) is 17.1 Å². The summed E-state index contributed by atoms with van der Waals surface area (Å²) in [6.45, 7) is 2.73. The zero-order valence-corrected chi connectivity index (χ0v) is 11.9. The van der Waals surface area contributed by atoms with Crippen molar-refractivity contribution in [2.24, 2.45) is 0 Å². The molecule has 0 aliphatic carbocycles. The number of nitrogens with zero attached hydrogens (tertiary/aromatic N) is 2. The summed E-state index contributed by atoms with van der Waals surface area (Å²) in [5, 5.41) is 8.69. The second kappa shape index (κ2) is 7.40. The minimum Gasteiger partial charge on any atom is -0.299 e. The van der Waals surface area contributed by atoms with Crippen molar-refractivity contribution in [1.82, 2.24) is 4.90 Å². The zero-order valence-electron chi connectivity index (χ0n) is 11.1. The van der Waals surface area contributed by atoms with Gasteiger partial charge in [0.15, 0.2) is 0 Å². The van der Waals surface area contributed by atoms with Crippen molar-refractivity contribution in [2.75, 3.05) is 19.1 Å². The highest BCUT2D eigenvalue weighted by Gasteiger charge is 2.12. The van der Waals surface area contributed by atoms with Crippen LogP contribution in [0.2, 0.25) is 0 Å². The third-order valence-corrected chi connectivity index (χ3v) is 3.74. The Hall–Kier alpha value is -1.05. The highest BCUT2D eigenvalue weighted by molar-refractivity contribution is 7.98. The SMILES string of the molecule is CSCCC(C)N(C)Cc1ccc(C#N)cc1F. The molecular formula is C14H19FN2S. The van der Waals surface area contributed by atoms with E-state index in [2.05, 4.69) is 18.1 Å². The average Bonchev–Trinajstić information content (AvgIpc) is 2.38. The molecule has 0 aliphatic heterocycles. The fourth-order valence-electron chi connectivity index (χ4n) is 1.68. The molecule has 0 bridgehead atoms. The van der Waals surface area contributed by atoms with Crippen LogP contribution in [0.25, 0.3) is 0 Å². The van der Waals surface area contributed by atoms with Gasteiger partial charge in [0, 0.05) is 18.2 Å². The number of benzene rings is 1. The summed E-state index contributed by atoms with van der Waals surface area (Å²) in [6.07, 6.45) is 3.18. The molecule has 1 aromatic carbocycles. The van der Waals surface area contributed by atoms with Gasteiger partial charge in [-0.3, -0.25) is 4.90 Å². The van der Waals surface area contributed by atoms with Crippen molar-refractivity contribution >= 4 is 11.8 Å². The highest BCUT2D eigenvalue weighted by Crippen LogP contribution is 2.15. The predicted molar refractivity (Wildman–Crippen MR) is 75.0 cm³/mol. The van der Waals surface area contributed by atoms with E-state index < -0.39 is 0 Å². The van der Waals surface area contributed by atoms with Crippen molar-refractivity contribution < 1.29 is 4.39 Å². The van der Waals surface area contributed by atoms with E-state index in [9.17, 15) is 4.39 Å². The van der Waals surface area contributed by atoms with E-state index in [0.29, 0.717) is 23.7 Å². The summed E-state index contributed by atoms with van der Waals surface area (Å²) in [5.74, 6) is 0.819. The average molecular weight is 266 g/mol. The standard InChI is InChI=1S/C14H19FN2S/c1-11(6-7-18-3)17(2)10-13-5-4-12(9-16)8-14(13)15/h4-5,8,11H,6-7,10H2,1-3H3. The lowest BCUT2D eigenvalue weighted by Gasteiger charge is -2.24. The number of hydrogen-bond acceptors (Lipinski definition) is 3. The molecule has 0 N–H and O–H groups in total. The lowest BCUT2D eigenvalue weighted by Crippen LogP contribution is -2.29. The molecule has 18 heavy (non-hydrogen) atoms. The van der Waals surface area contributed by atoms with Gasteiger partial charge < -0.3 is 0 Å².